The lowest BCUT2D eigenvalue weighted by molar-refractivity contribution is 0.0747. The van der Waals surface area contributed by atoms with Gasteiger partial charge in [0, 0.05) is 22.6 Å². The first-order valence-corrected chi connectivity index (χ1v) is 7.42. The molecule has 1 saturated carbocycles. The first-order chi connectivity index (χ1) is 8.59. The van der Waals surface area contributed by atoms with Crippen molar-refractivity contribution in [1.29, 1.82) is 0 Å². The summed E-state index contributed by atoms with van der Waals surface area (Å²) < 4.78 is 0.987. The summed E-state index contributed by atoms with van der Waals surface area (Å²) in [5, 5.41) is 0. The van der Waals surface area contributed by atoms with Crippen LogP contribution in [0.5, 0.6) is 0 Å². The van der Waals surface area contributed by atoms with Crippen LogP contribution in [0.15, 0.2) is 24.3 Å². The van der Waals surface area contributed by atoms with Gasteiger partial charge in [-0.1, -0.05) is 24.4 Å². The molecular formula is C13H15IN2OS. The SMILES string of the molecule is NC(=S)CCN(C(=O)c1ccccc1I)C1CC1. The second-order valence-electron chi connectivity index (χ2n) is 4.43. The Hall–Kier alpha value is -0.690. The van der Waals surface area contributed by atoms with Gasteiger partial charge in [0.05, 0.1) is 10.6 Å². The van der Waals surface area contributed by atoms with E-state index in [1.54, 1.807) is 0 Å². The molecule has 5 heteroatoms. The van der Waals surface area contributed by atoms with Crippen LogP contribution in [0.1, 0.15) is 29.6 Å². The topological polar surface area (TPSA) is 46.3 Å². The van der Waals surface area contributed by atoms with Crippen molar-refractivity contribution in [2.75, 3.05) is 6.54 Å². The van der Waals surface area contributed by atoms with Gasteiger partial charge in [-0.3, -0.25) is 4.79 Å². The first-order valence-electron chi connectivity index (χ1n) is 5.93. The van der Waals surface area contributed by atoms with Crippen molar-refractivity contribution in [1.82, 2.24) is 4.90 Å². The smallest absolute Gasteiger partial charge is 0.255 e. The van der Waals surface area contributed by atoms with E-state index in [1.807, 2.05) is 29.2 Å². The quantitative estimate of drug-likeness (QED) is 0.637. The maximum atomic E-state index is 12.5. The molecule has 1 aliphatic rings. The lowest BCUT2D eigenvalue weighted by Crippen LogP contribution is -2.36. The number of benzene rings is 1. The van der Waals surface area contributed by atoms with E-state index in [0.717, 1.165) is 22.0 Å². The standard InChI is InChI=1S/C13H15IN2OS/c14-11-4-2-1-3-10(11)13(17)16(9-5-6-9)8-7-12(15)18/h1-4,9H,5-8H2,(H2,15,18). The third-order valence-electron chi connectivity index (χ3n) is 2.95. The maximum Gasteiger partial charge on any atom is 0.255 e. The van der Waals surface area contributed by atoms with Crippen LogP contribution in [0.2, 0.25) is 0 Å². The fourth-order valence-electron chi connectivity index (χ4n) is 1.86. The van der Waals surface area contributed by atoms with Crippen LogP contribution >= 0.6 is 34.8 Å². The molecule has 1 amide bonds. The van der Waals surface area contributed by atoms with Crippen molar-refractivity contribution in [2.24, 2.45) is 5.73 Å². The summed E-state index contributed by atoms with van der Waals surface area (Å²) in [5.41, 5.74) is 6.29. The number of amides is 1. The zero-order valence-electron chi connectivity index (χ0n) is 9.93. The van der Waals surface area contributed by atoms with Gasteiger partial charge >= 0.3 is 0 Å². The minimum Gasteiger partial charge on any atom is -0.393 e. The molecular weight excluding hydrogens is 359 g/mol. The Morgan fingerprint density at radius 1 is 1.44 bits per heavy atom. The molecule has 0 spiro atoms. The molecule has 0 atom stereocenters. The number of thiocarbonyl (C=S) groups is 1. The van der Waals surface area contributed by atoms with Crippen molar-refractivity contribution < 1.29 is 4.79 Å². The molecule has 0 radical (unpaired) electrons. The van der Waals surface area contributed by atoms with Crippen LogP contribution in [0, 0.1) is 3.57 Å². The Balaban J connectivity index is 2.13. The number of carbonyl (C=O) groups excluding carboxylic acids is 1. The normalized spacial score (nSPS) is 14.3. The minimum atomic E-state index is 0.0961. The Morgan fingerprint density at radius 2 is 2.11 bits per heavy atom. The van der Waals surface area contributed by atoms with Gasteiger partial charge in [0.2, 0.25) is 0 Å². The fourth-order valence-corrected chi connectivity index (χ4v) is 2.57. The number of hydrogen-bond donors (Lipinski definition) is 1. The van der Waals surface area contributed by atoms with Crippen molar-refractivity contribution in [2.45, 2.75) is 25.3 Å². The summed E-state index contributed by atoms with van der Waals surface area (Å²) >= 11 is 7.08. The summed E-state index contributed by atoms with van der Waals surface area (Å²) in [6, 6.07) is 8.04. The average molecular weight is 374 g/mol. The van der Waals surface area contributed by atoms with E-state index in [0.29, 0.717) is 24.0 Å². The van der Waals surface area contributed by atoms with Crippen molar-refractivity contribution in [3.63, 3.8) is 0 Å². The van der Waals surface area contributed by atoms with Gasteiger partial charge in [0.25, 0.3) is 5.91 Å². The molecule has 0 bridgehead atoms. The second-order valence-corrected chi connectivity index (χ2v) is 6.11. The van der Waals surface area contributed by atoms with E-state index >= 15 is 0 Å². The van der Waals surface area contributed by atoms with Crippen molar-refractivity contribution >= 4 is 45.7 Å². The van der Waals surface area contributed by atoms with Gasteiger partial charge in [-0.15, -0.1) is 0 Å². The minimum absolute atomic E-state index is 0.0961. The Bertz CT molecular complexity index is 474. The number of hydrogen-bond acceptors (Lipinski definition) is 2. The van der Waals surface area contributed by atoms with Gasteiger partial charge in [-0.2, -0.15) is 0 Å². The van der Waals surface area contributed by atoms with Crippen LogP contribution in [0.3, 0.4) is 0 Å². The molecule has 0 heterocycles. The zero-order chi connectivity index (χ0) is 13.1. The molecule has 96 valence electrons. The Labute approximate surface area is 126 Å². The third kappa shape index (κ3) is 3.41. The van der Waals surface area contributed by atoms with E-state index < -0.39 is 0 Å². The maximum absolute atomic E-state index is 12.5. The van der Waals surface area contributed by atoms with Gasteiger partial charge in [0.1, 0.15) is 0 Å². The van der Waals surface area contributed by atoms with Gasteiger partial charge in [0.15, 0.2) is 0 Å². The molecule has 1 aromatic carbocycles. The molecule has 1 fully saturated rings. The van der Waals surface area contributed by atoms with Crippen LogP contribution in [-0.4, -0.2) is 28.4 Å². The average Bonchev–Trinajstić information content (AvgIpc) is 3.13. The lowest BCUT2D eigenvalue weighted by Gasteiger charge is -2.22. The van der Waals surface area contributed by atoms with E-state index in [1.165, 1.54) is 0 Å². The van der Waals surface area contributed by atoms with E-state index in [-0.39, 0.29) is 5.91 Å². The van der Waals surface area contributed by atoms with Gasteiger partial charge in [-0.05, 0) is 47.6 Å². The highest BCUT2D eigenvalue weighted by Crippen LogP contribution is 2.29. The number of carbonyl (C=O) groups is 1. The largest absolute Gasteiger partial charge is 0.393 e. The van der Waals surface area contributed by atoms with Gasteiger partial charge < -0.3 is 10.6 Å². The highest BCUT2D eigenvalue weighted by molar-refractivity contribution is 14.1. The van der Waals surface area contributed by atoms with Crippen LogP contribution in [0.25, 0.3) is 0 Å². The zero-order valence-corrected chi connectivity index (χ0v) is 12.9. The summed E-state index contributed by atoms with van der Waals surface area (Å²) in [5.74, 6) is 0.0961. The van der Waals surface area contributed by atoms with Crippen LogP contribution in [-0.2, 0) is 0 Å². The summed E-state index contributed by atoms with van der Waals surface area (Å²) in [6.45, 7) is 0.629. The Kier molecular flexibility index (Phi) is 4.55. The molecule has 0 unspecified atom stereocenters. The van der Waals surface area contributed by atoms with Crippen molar-refractivity contribution in [3.8, 4) is 0 Å². The molecule has 3 nitrogen and oxygen atoms in total. The molecule has 1 aliphatic carbocycles. The molecule has 1 aromatic rings. The lowest BCUT2D eigenvalue weighted by atomic mass is 10.2. The highest BCUT2D eigenvalue weighted by atomic mass is 127. The predicted octanol–water partition coefficient (Wildman–Crippen LogP) is 2.57. The number of nitrogens with two attached hydrogens (primary N) is 1. The number of rotatable bonds is 5. The summed E-state index contributed by atoms with van der Waals surface area (Å²) in [7, 11) is 0. The fraction of sp³-hybridized carbons (Fsp3) is 0.385. The molecule has 0 saturated heterocycles. The Morgan fingerprint density at radius 3 is 2.67 bits per heavy atom. The van der Waals surface area contributed by atoms with Crippen LogP contribution < -0.4 is 5.73 Å². The van der Waals surface area contributed by atoms with Gasteiger partial charge in [-0.25, -0.2) is 0 Å². The molecule has 18 heavy (non-hydrogen) atoms. The van der Waals surface area contributed by atoms with Crippen molar-refractivity contribution in [3.05, 3.63) is 33.4 Å². The molecule has 2 N–H and O–H groups in total. The molecule has 2 rings (SSSR count). The van der Waals surface area contributed by atoms with E-state index in [2.05, 4.69) is 22.6 Å². The molecule has 0 aliphatic heterocycles. The monoisotopic (exact) mass is 374 g/mol. The number of nitrogens with zero attached hydrogens (tertiary/aromatic N) is 1. The molecule has 0 aromatic heterocycles. The second kappa shape index (κ2) is 5.97. The van der Waals surface area contributed by atoms with E-state index in [4.69, 9.17) is 18.0 Å². The first kappa shape index (κ1) is 13.7. The third-order valence-corrected chi connectivity index (χ3v) is 4.10. The van der Waals surface area contributed by atoms with Crippen LogP contribution in [0.4, 0.5) is 0 Å². The number of halogens is 1. The summed E-state index contributed by atoms with van der Waals surface area (Å²) in [4.78, 5) is 14.9. The highest BCUT2D eigenvalue weighted by Gasteiger charge is 2.33. The summed E-state index contributed by atoms with van der Waals surface area (Å²) in [6.07, 6.45) is 2.78. The predicted molar refractivity (Wildman–Crippen MR) is 84.6 cm³/mol. The van der Waals surface area contributed by atoms with E-state index in [9.17, 15) is 4.79 Å².